The molecular formula is C8H7ClF3N. The minimum atomic E-state index is -2.75. The second-order valence-electron chi connectivity index (χ2n) is 2.50. The van der Waals surface area contributed by atoms with Crippen molar-refractivity contribution in [3.8, 4) is 0 Å². The Balaban J connectivity index is 3.07. The standard InChI is InChI=1S/C8H7ClF3N/c9-6-4(7(13)8(11)12)2-1-3-5(6)10/h1-3,7-8H,13H2/t7-/m0/s1. The molecule has 0 radical (unpaired) electrons. The molecule has 0 unspecified atom stereocenters. The van der Waals surface area contributed by atoms with Crippen molar-refractivity contribution in [2.24, 2.45) is 5.73 Å². The van der Waals surface area contributed by atoms with Crippen molar-refractivity contribution in [3.05, 3.63) is 34.6 Å². The van der Waals surface area contributed by atoms with Crippen LogP contribution in [0.4, 0.5) is 13.2 Å². The molecule has 0 heterocycles. The molecule has 0 fully saturated rings. The SMILES string of the molecule is N[C@@H](c1cccc(F)c1Cl)C(F)F. The van der Waals surface area contributed by atoms with Gasteiger partial charge in [-0.3, -0.25) is 0 Å². The molecule has 1 aromatic carbocycles. The molecule has 0 aliphatic carbocycles. The van der Waals surface area contributed by atoms with E-state index in [0.29, 0.717) is 0 Å². The molecule has 5 heteroatoms. The maximum absolute atomic E-state index is 12.8. The van der Waals surface area contributed by atoms with Gasteiger partial charge in [-0.2, -0.15) is 0 Å². The average molecular weight is 210 g/mol. The highest BCUT2D eigenvalue weighted by molar-refractivity contribution is 6.31. The maximum atomic E-state index is 12.8. The summed E-state index contributed by atoms with van der Waals surface area (Å²) in [6.45, 7) is 0. The first-order valence-corrected chi connectivity index (χ1v) is 3.89. The van der Waals surface area contributed by atoms with Crippen LogP contribution in [0, 0.1) is 5.82 Å². The highest BCUT2D eigenvalue weighted by Crippen LogP contribution is 2.27. The van der Waals surface area contributed by atoms with Gasteiger partial charge in [0.1, 0.15) is 5.82 Å². The summed E-state index contributed by atoms with van der Waals surface area (Å²) in [6.07, 6.45) is -2.75. The maximum Gasteiger partial charge on any atom is 0.257 e. The molecule has 0 aromatic heterocycles. The van der Waals surface area contributed by atoms with Gasteiger partial charge in [0.2, 0.25) is 0 Å². The van der Waals surface area contributed by atoms with E-state index >= 15 is 0 Å². The van der Waals surface area contributed by atoms with Gasteiger partial charge < -0.3 is 5.73 Å². The zero-order chi connectivity index (χ0) is 10.0. The number of benzene rings is 1. The molecule has 2 N–H and O–H groups in total. The number of alkyl halides is 2. The molecule has 1 aromatic rings. The summed E-state index contributed by atoms with van der Waals surface area (Å²) < 4.78 is 37.0. The van der Waals surface area contributed by atoms with E-state index in [2.05, 4.69) is 0 Å². The predicted molar refractivity (Wildman–Crippen MR) is 44.3 cm³/mol. The van der Waals surface area contributed by atoms with Crippen molar-refractivity contribution in [2.45, 2.75) is 12.5 Å². The van der Waals surface area contributed by atoms with Gasteiger partial charge in [0.05, 0.1) is 11.1 Å². The van der Waals surface area contributed by atoms with Crippen LogP contribution >= 0.6 is 11.6 Å². The summed E-state index contributed by atoms with van der Waals surface area (Å²) in [5.74, 6) is -0.740. The Labute approximate surface area is 78.3 Å². The molecule has 1 nitrogen and oxygen atoms in total. The Bertz CT molecular complexity index is 303. The second kappa shape index (κ2) is 3.98. The number of hydrogen-bond donors (Lipinski definition) is 1. The largest absolute Gasteiger partial charge is 0.319 e. The third kappa shape index (κ3) is 2.14. The Morgan fingerprint density at radius 3 is 2.46 bits per heavy atom. The molecule has 13 heavy (non-hydrogen) atoms. The van der Waals surface area contributed by atoms with Crippen molar-refractivity contribution >= 4 is 11.6 Å². The van der Waals surface area contributed by atoms with Crippen molar-refractivity contribution in [1.82, 2.24) is 0 Å². The van der Waals surface area contributed by atoms with Gasteiger partial charge in [-0.25, -0.2) is 13.2 Å². The van der Waals surface area contributed by atoms with E-state index in [0.717, 1.165) is 6.07 Å². The van der Waals surface area contributed by atoms with Crippen LogP contribution in [0.1, 0.15) is 11.6 Å². The summed E-state index contributed by atoms with van der Waals surface area (Å²) in [5, 5.41) is -0.338. The lowest BCUT2D eigenvalue weighted by Crippen LogP contribution is -2.19. The van der Waals surface area contributed by atoms with Crippen LogP contribution in [0.5, 0.6) is 0 Å². The van der Waals surface area contributed by atoms with E-state index in [4.69, 9.17) is 17.3 Å². The quantitative estimate of drug-likeness (QED) is 0.796. The monoisotopic (exact) mass is 209 g/mol. The highest BCUT2D eigenvalue weighted by Gasteiger charge is 2.21. The van der Waals surface area contributed by atoms with E-state index in [9.17, 15) is 13.2 Å². The zero-order valence-electron chi connectivity index (χ0n) is 6.48. The first kappa shape index (κ1) is 10.3. The van der Waals surface area contributed by atoms with Crippen LogP contribution in [0.15, 0.2) is 18.2 Å². The van der Waals surface area contributed by atoms with Crippen molar-refractivity contribution in [1.29, 1.82) is 0 Å². The molecule has 0 saturated carbocycles. The Hall–Kier alpha value is -0.740. The minimum absolute atomic E-state index is 0.0725. The fourth-order valence-corrected chi connectivity index (χ4v) is 1.17. The molecule has 0 aliphatic heterocycles. The van der Waals surface area contributed by atoms with Gasteiger partial charge >= 0.3 is 0 Å². The van der Waals surface area contributed by atoms with Crippen LogP contribution in [-0.2, 0) is 0 Å². The molecular weight excluding hydrogens is 203 g/mol. The summed E-state index contributed by atoms with van der Waals surface area (Å²) in [5.41, 5.74) is 5.03. The lowest BCUT2D eigenvalue weighted by atomic mass is 10.1. The van der Waals surface area contributed by atoms with Gasteiger partial charge in [-0.15, -0.1) is 0 Å². The van der Waals surface area contributed by atoms with Crippen LogP contribution in [0.3, 0.4) is 0 Å². The van der Waals surface area contributed by atoms with Crippen LogP contribution in [0.25, 0.3) is 0 Å². The second-order valence-corrected chi connectivity index (χ2v) is 2.88. The number of nitrogens with two attached hydrogens (primary N) is 1. The van der Waals surface area contributed by atoms with Gasteiger partial charge in [0.25, 0.3) is 6.43 Å². The van der Waals surface area contributed by atoms with Gasteiger partial charge in [-0.1, -0.05) is 23.7 Å². The molecule has 0 amide bonds. The third-order valence-corrected chi connectivity index (χ3v) is 2.01. The summed E-state index contributed by atoms with van der Waals surface area (Å²) in [7, 11) is 0. The number of rotatable bonds is 2. The van der Waals surface area contributed by atoms with E-state index < -0.39 is 18.3 Å². The molecule has 0 aliphatic rings. The average Bonchev–Trinajstić information content (AvgIpc) is 2.08. The molecule has 72 valence electrons. The Kier molecular flexibility index (Phi) is 3.17. The van der Waals surface area contributed by atoms with E-state index in [-0.39, 0.29) is 10.6 Å². The molecule has 0 spiro atoms. The van der Waals surface area contributed by atoms with Gasteiger partial charge in [0.15, 0.2) is 0 Å². The van der Waals surface area contributed by atoms with E-state index in [1.54, 1.807) is 0 Å². The van der Waals surface area contributed by atoms with Crippen LogP contribution < -0.4 is 5.73 Å². The molecule has 1 atom stereocenters. The minimum Gasteiger partial charge on any atom is -0.319 e. The van der Waals surface area contributed by atoms with Crippen LogP contribution in [-0.4, -0.2) is 6.43 Å². The predicted octanol–water partition coefficient (Wildman–Crippen LogP) is 2.74. The number of halogens is 4. The van der Waals surface area contributed by atoms with Crippen molar-refractivity contribution in [3.63, 3.8) is 0 Å². The van der Waals surface area contributed by atoms with Crippen molar-refractivity contribution < 1.29 is 13.2 Å². The summed E-state index contributed by atoms with van der Waals surface area (Å²) in [4.78, 5) is 0. The Morgan fingerprint density at radius 2 is 1.92 bits per heavy atom. The topological polar surface area (TPSA) is 26.0 Å². The zero-order valence-corrected chi connectivity index (χ0v) is 7.23. The Morgan fingerprint density at radius 1 is 1.31 bits per heavy atom. The third-order valence-electron chi connectivity index (χ3n) is 1.61. The fraction of sp³-hybridized carbons (Fsp3) is 0.250. The normalized spacial score (nSPS) is 13.4. The highest BCUT2D eigenvalue weighted by atomic mass is 35.5. The number of hydrogen-bond acceptors (Lipinski definition) is 1. The summed E-state index contributed by atoms with van der Waals surface area (Å²) in [6, 6.07) is 2.12. The van der Waals surface area contributed by atoms with E-state index in [1.807, 2.05) is 0 Å². The van der Waals surface area contributed by atoms with Crippen LogP contribution in [0.2, 0.25) is 5.02 Å². The summed E-state index contributed by atoms with van der Waals surface area (Å²) >= 11 is 5.44. The fourth-order valence-electron chi connectivity index (χ4n) is 0.914. The molecule has 0 bridgehead atoms. The van der Waals surface area contributed by atoms with Gasteiger partial charge in [-0.05, 0) is 11.6 Å². The molecule has 0 saturated heterocycles. The first-order valence-electron chi connectivity index (χ1n) is 3.51. The molecule has 1 rings (SSSR count). The lowest BCUT2D eigenvalue weighted by molar-refractivity contribution is 0.116. The van der Waals surface area contributed by atoms with E-state index in [1.165, 1.54) is 12.1 Å². The first-order chi connectivity index (χ1) is 6.04. The van der Waals surface area contributed by atoms with Gasteiger partial charge in [0, 0.05) is 0 Å². The smallest absolute Gasteiger partial charge is 0.257 e. The van der Waals surface area contributed by atoms with Crippen molar-refractivity contribution in [2.75, 3.05) is 0 Å². The lowest BCUT2D eigenvalue weighted by Gasteiger charge is -2.12.